The maximum Gasteiger partial charge on any atom is 0.266 e. The zero-order valence-electron chi connectivity index (χ0n) is 15.8. The molecule has 0 aliphatic rings. The van der Waals surface area contributed by atoms with Crippen molar-refractivity contribution in [2.45, 2.75) is 0 Å². The number of fused-ring (bicyclic) bond motifs is 1. The van der Waals surface area contributed by atoms with E-state index in [1.807, 2.05) is 60.7 Å². The molecule has 0 bridgehead atoms. The predicted molar refractivity (Wildman–Crippen MR) is 134 cm³/mol. The molecule has 30 heavy (non-hydrogen) atoms. The van der Waals surface area contributed by atoms with Crippen LogP contribution in [0.15, 0.2) is 91.0 Å². The molecule has 0 atom stereocenters. The van der Waals surface area contributed by atoms with E-state index < -0.39 is 0 Å². The third-order valence-corrected chi connectivity index (χ3v) is 5.31. The van der Waals surface area contributed by atoms with E-state index in [0.29, 0.717) is 11.3 Å². The van der Waals surface area contributed by atoms with Gasteiger partial charge in [-0.25, -0.2) is 0 Å². The molecule has 0 heterocycles. The molecule has 0 saturated carbocycles. The summed E-state index contributed by atoms with van der Waals surface area (Å²) in [5, 5.41) is 8.43. The smallest absolute Gasteiger partial charge is 0.266 e. The van der Waals surface area contributed by atoms with Gasteiger partial charge in [0, 0.05) is 20.5 Å². The molecule has 0 aliphatic heterocycles. The Balaban J connectivity index is 1.42. The molecule has 1 amide bonds. The molecule has 4 rings (SSSR count). The van der Waals surface area contributed by atoms with Crippen LogP contribution in [0.5, 0.6) is 5.75 Å². The lowest BCUT2D eigenvalue weighted by Gasteiger charge is -2.11. The average Bonchev–Trinajstić information content (AvgIpc) is 2.75. The van der Waals surface area contributed by atoms with Gasteiger partial charge in [-0.15, -0.1) is 0 Å². The number of thiocarbonyl (C=S) groups is 1. The largest absolute Gasteiger partial charge is 0.432 e. The lowest BCUT2D eigenvalue weighted by Crippen LogP contribution is -2.17. The van der Waals surface area contributed by atoms with Gasteiger partial charge in [0.2, 0.25) is 0 Å². The molecular weight excluding hydrogens is 507 g/mol. The van der Waals surface area contributed by atoms with Crippen molar-refractivity contribution in [2.24, 2.45) is 0 Å². The molecule has 6 heteroatoms. The van der Waals surface area contributed by atoms with Gasteiger partial charge < -0.3 is 15.4 Å². The third-order valence-electron chi connectivity index (χ3n) is 4.40. The Morgan fingerprint density at radius 1 is 0.767 bits per heavy atom. The van der Waals surface area contributed by atoms with Crippen LogP contribution >= 0.6 is 34.8 Å². The fraction of sp³-hybridized carbons (Fsp3) is 0. The molecule has 0 spiro atoms. The summed E-state index contributed by atoms with van der Waals surface area (Å²) in [6.45, 7) is 0. The van der Waals surface area contributed by atoms with Crippen molar-refractivity contribution in [1.82, 2.24) is 0 Å². The minimum atomic E-state index is -0.213. The van der Waals surface area contributed by atoms with Gasteiger partial charge in [-0.3, -0.25) is 4.79 Å². The van der Waals surface area contributed by atoms with Gasteiger partial charge in [0.1, 0.15) is 5.75 Å². The third kappa shape index (κ3) is 5.14. The normalized spacial score (nSPS) is 10.4. The van der Waals surface area contributed by atoms with E-state index in [-0.39, 0.29) is 11.1 Å². The van der Waals surface area contributed by atoms with E-state index in [4.69, 9.17) is 17.0 Å². The first-order valence-electron chi connectivity index (χ1n) is 9.21. The van der Waals surface area contributed by atoms with Crippen molar-refractivity contribution in [3.8, 4) is 5.75 Å². The van der Waals surface area contributed by atoms with Crippen molar-refractivity contribution in [3.63, 3.8) is 0 Å². The molecule has 2 N–H and O–H groups in total. The number of halogens is 1. The second-order valence-corrected chi connectivity index (χ2v) is 8.18. The predicted octanol–water partition coefficient (Wildman–Crippen LogP) is 6.47. The van der Waals surface area contributed by atoms with Gasteiger partial charge in [0.05, 0.1) is 0 Å². The van der Waals surface area contributed by atoms with E-state index in [0.717, 1.165) is 25.7 Å². The standard InChI is InChI=1S/C24H17IN2O2S/c25-19-9-12-20(13-10-19)26-23(28)18-6-3-7-22(15-18)29-24(30)27-21-11-8-16-4-1-2-5-17(16)14-21/h1-15H,(H,26,28)(H,27,30). The highest BCUT2D eigenvalue weighted by Crippen LogP contribution is 2.20. The number of ether oxygens (including phenoxy) is 1. The van der Waals surface area contributed by atoms with E-state index >= 15 is 0 Å². The van der Waals surface area contributed by atoms with Crippen LogP contribution in [-0.2, 0) is 0 Å². The fourth-order valence-electron chi connectivity index (χ4n) is 2.95. The molecule has 0 saturated heterocycles. The van der Waals surface area contributed by atoms with Crippen LogP contribution < -0.4 is 15.4 Å². The number of carbonyl (C=O) groups is 1. The molecule has 4 aromatic carbocycles. The lowest BCUT2D eigenvalue weighted by atomic mass is 10.1. The van der Waals surface area contributed by atoms with Crippen molar-refractivity contribution < 1.29 is 9.53 Å². The van der Waals surface area contributed by atoms with Crippen LogP contribution in [0.4, 0.5) is 11.4 Å². The maximum atomic E-state index is 12.5. The van der Waals surface area contributed by atoms with E-state index in [9.17, 15) is 4.79 Å². The topological polar surface area (TPSA) is 50.4 Å². The highest BCUT2D eigenvalue weighted by Gasteiger charge is 2.09. The molecule has 0 unspecified atom stereocenters. The highest BCUT2D eigenvalue weighted by molar-refractivity contribution is 14.1. The Hall–Kier alpha value is -2.97. The van der Waals surface area contributed by atoms with E-state index in [1.54, 1.807) is 24.3 Å². The van der Waals surface area contributed by atoms with Gasteiger partial charge in [0.25, 0.3) is 11.1 Å². The number of carbonyl (C=O) groups excluding carboxylic acids is 1. The zero-order chi connectivity index (χ0) is 20.9. The Kier molecular flexibility index (Phi) is 6.25. The van der Waals surface area contributed by atoms with Crippen LogP contribution in [0.25, 0.3) is 10.8 Å². The highest BCUT2D eigenvalue weighted by atomic mass is 127. The van der Waals surface area contributed by atoms with Crippen LogP contribution in [0.2, 0.25) is 0 Å². The average molecular weight is 524 g/mol. The van der Waals surface area contributed by atoms with Crippen LogP contribution in [0.3, 0.4) is 0 Å². The first kappa shape index (κ1) is 20.3. The van der Waals surface area contributed by atoms with Gasteiger partial charge in [-0.05, 0) is 100 Å². The molecule has 0 aliphatic carbocycles. The fourth-order valence-corrected chi connectivity index (χ4v) is 3.53. The van der Waals surface area contributed by atoms with E-state index in [2.05, 4.69) is 39.3 Å². The summed E-state index contributed by atoms with van der Waals surface area (Å²) >= 11 is 7.55. The molecular formula is C24H17IN2O2S. The van der Waals surface area contributed by atoms with Crippen molar-refractivity contribution in [2.75, 3.05) is 10.6 Å². The summed E-state index contributed by atoms with van der Waals surface area (Å²) in [5.74, 6) is 0.276. The first-order valence-corrected chi connectivity index (χ1v) is 10.7. The number of rotatable bonds is 4. The summed E-state index contributed by atoms with van der Waals surface area (Å²) in [6.07, 6.45) is 0. The summed E-state index contributed by atoms with van der Waals surface area (Å²) in [7, 11) is 0. The SMILES string of the molecule is O=C(Nc1ccc(I)cc1)c1cccc(OC(=S)Nc2ccc3ccccc3c2)c1. The van der Waals surface area contributed by atoms with Crippen LogP contribution in [0.1, 0.15) is 10.4 Å². The maximum absolute atomic E-state index is 12.5. The number of benzene rings is 4. The lowest BCUT2D eigenvalue weighted by molar-refractivity contribution is 0.102. The number of hydrogen-bond acceptors (Lipinski definition) is 3. The molecule has 4 aromatic rings. The Morgan fingerprint density at radius 3 is 2.30 bits per heavy atom. The number of hydrogen-bond donors (Lipinski definition) is 2. The molecule has 0 aromatic heterocycles. The van der Waals surface area contributed by atoms with Gasteiger partial charge >= 0.3 is 0 Å². The Bertz CT molecular complexity index is 1230. The summed E-state index contributed by atoms with van der Waals surface area (Å²) in [4.78, 5) is 12.5. The second-order valence-electron chi connectivity index (χ2n) is 6.57. The van der Waals surface area contributed by atoms with Gasteiger partial charge in [-0.1, -0.05) is 36.4 Å². The Labute approximate surface area is 193 Å². The van der Waals surface area contributed by atoms with Crippen molar-refractivity contribution in [1.29, 1.82) is 0 Å². The molecule has 4 nitrogen and oxygen atoms in total. The van der Waals surface area contributed by atoms with Crippen molar-refractivity contribution in [3.05, 3.63) is 100 Å². The minimum Gasteiger partial charge on any atom is -0.432 e. The van der Waals surface area contributed by atoms with Crippen LogP contribution in [-0.4, -0.2) is 11.1 Å². The zero-order valence-corrected chi connectivity index (χ0v) is 18.7. The van der Waals surface area contributed by atoms with Crippen LogP contribution in [0, 0.1) is 3.57 Å². The van der Waals surface area contributed by atoms with Gasteiger partial charge in [0.15, 0.2) is 0 Å². The first-order chi connectivity index (χ1) is 14.6. The minimum absolute atomic E-state index is 0.209. The molecule has 0 fully saturated rings. The summed E-state index contributed by atoms with van der Waals surface area (Å²) in [6, 6.07) is 28.6. The molecule has 148 valence electrons. The molecule has 0 radical (unpaired) electrons. The van der Waals surface area contributed by atoms with E-state index in [1.165, 1.54) is 0 Å². The van der Waals surface area contributed by atoms with Gasteiger partial charge in [-0.2, -0.15) is 0 Å². The number of amides is 1. The Morgan fingerprint density at radius 2 is 1.50 bits per heavy atom. The van der Waals surface area contributed by atoms with Crippen molar-refractivity contribution >= 4 is 68.0 Å². The summed E-state index contributed by atoms with van der Waals surface area (Å²) < 4.78 is 6.83. The number of anilines is 2. The second kappa shape index (κ2) is 9.23. The number of nitrogens with one attached hydrogen (secondary N) is 2. The quantitative estimate of drug-likeness (QED) is 0.237. The monoisotopic (exact) mass is 524 g/mol. The summed E-state index contributed by atoms with van der Waals surface area (Å²) in [5.41, 5.74) is 2.06.